The lowest BCUT2D eigenvalue weighted by atomic mass is 10.3. The fourth-order valence-electron chi connectivity index (χ4n) is 1.67. The molecule has 0 aliphatic heterocycles. The van der Waals surface area contributed by atoms with Crippen LogP contribution in [0.1, 0.15) is 18.9 Å². The largest absolute Gasteiger partial charge is 0.383 e. The molecule has 1 aromatic rings. The molecule has 0 bridgehead atoms. The molecule has 0 aliphatic carbocycles. The number of hydrogen-bond donors (Lipinski definition) is 2. The molecule has 1 aromatic heterocycles. The van der Waals surface area contributed by atoms with Gasteiger partial charge in [-0.15, -0.1) is 0 Å². The first-order chi connectivity index (χ1) is 9.67. The van der Waals surface area contributed by atoms with Crippen molar-refractivity contribution in [2.45, 2.75) is 20.3 Å². The minimum absolute atomic E-state index is 0.688. The second-order valence-electron chi connectivity index (χ2n) is 4.87. The van der Waals surface area contributed by atoms with E-state index >= 15 is 0 Å². The third kappa shape index (κ3) is 6.16. The van der Waals surface area contributed by atoms with Gasteiger partial charge in [0.25, 0.3) is 0 Å². The molecular formula is C14H27N5O. The Morgan fingerprint density at radius 3 is 2.75 bits per heavy atom. The SMILES string of the molecule is CCCNc1ncc(C)c(NCCN(C)CCOC)n1. The number of aromatic nitrogens is 2. The highest BCUT2D eigenvalue weighted by Crippen LogP contribution is 2.12. The summed E-state index contributed by atoms with van der Waals surface area (Å²) in [6, 6.07) is 0. The van der Waals surface area contributed by atoms with Gasteiger partial charge < -0.3 is 20.3 Å². The summed E-state index contributed by atoms with van der Waals surface area (Å²) in [5.41, 5.74) is 1.06. The molecule has 0 aliphatic rings. The molecule has 0 amide bonds. The lowest BCUT2D eigenvalue weighted by molar-refractivity contribution is 0.163. The topological polar surface area (TPSA) is 62.3 Å². The predicted molar refractivity (Wildman–Crippen MR) is 83.4 cm³/mol. The van der Waals surface area contributed by atoms with Crippen LogP contribution in [-0.2, 0) is 4.74 Å². The van der Waals surface area contributed by atoms with Crippen LogP contribution < -0.4 is 10.6 Å². The van der Waals surface area contributed by atoms with E-state index in [1.807, 2.05) is 13.1 Å². The van der Waals surface area contributed by atoms with Crippen LogP contribution in [0, 0.1) is 6.92 Å². The molecule has 0 fully saturated rings. The van der Waals surface area contributed by atoms with Crippen LogP contribution >= 0.6 is 0 Å². The molecule has 114 valence electrons. The van der Waals surface area contributed by atoms with Gasteiger partial charge in [-0.05, 0) is 20.4 Å². The summed E-state index contributed by atoms with van der Waals surface area (Å²) in [5.74, 6) is 1.59. The summed E-state index contributed by atoms with van der Waals surface area (Å²) >= 11 is 0. The van der Waals surface area contributed by atoms with Crippen molar-refractivity contribution in [3.8, 4) is 0 Å². The summed E-state index contributed by atoms with van der Waals surface area (Å²) < 4.78 is 5.06. The summed E-state index contributed by atoms with van der Waals surface area (Å²) in [4.78, 5) is 11.0. The zero-order chi connectivity index (χ0) is 14.8. The van der Waals surface area contributed by atoms with Gasteiger partial charge in [0.05, 0.1) is 6.61 Å². The Morgan fingerprint density at radius 1 is 1.25 bits per heavy atom. The number of nitrogens with one attached hydrogen (secondary N) is 2. The number of nitrogens with zero attached hydrogens (tertiary/aromatic N) is 3. The summed E-state index contributed by atoms with van der Waals surface area (Å²) in [5, 5.41) is 6.56. The van der Waals surface area contributed by atoms with Crippen molar-refractivity contribution >= 4 is 11.8 Å². The minimum Gasteiger partial charge on any atom is -0.383 e. The summed E-state index contributed by atoms with van der Waals surface area (Å²) in [6.45, 7) is 8.52. The third-order valence-corrected chi connectivity index (χ3v) is 2.97. The van der Waals surface area contributed by atoms with Crippen molar-refractivity contribution in [3.63, 3.8) is 0 Å². The van der Waals surface area contributed by atoms with Gasteiger partial charge in [-0.1, -0.05) is 6.92 Å². The smallest absolute Gasteiger partial charge is 0.224 e. The number of aryl methyl sites for hydroxylation is 1. The highest BCUT2D eigenvalue weighted by molar-refractivity contribution is 5.46. The average molecular weight is 281 g/mol. The number of methoxy groups -OCH3 is 1. The van der Waals surface area contributed by atoms with Crippen molar-refractivity contribution in [2.24, 2.45) is 0 Å². The zero-order valence-electron chi connectivity index (χ0n) is 13.1. The van der Waals surface area contributed by atoms with Crippen LogP contribution in [0.4, 0.5) is 11.8 Å². The van der Waals surface area contributed by atoms with E-state index in [4.69, 9.17) is 4.74 Å². The van der Waals surface area contributed by atoms with Crippen LogP contribution in [0.25, 0.3) is 0 Å². The lowest BCUT2D eigenvalue weighted by Gasteiger charge is -2.17. The maximum atomic E-state index is 5.06. The first-order valence-electron chi connectivity index (χ1n) is 7.16. The van der Waals surface area contributed by atoms with E-state index in [-0.39, 0.29) is 0 Å². The average Bonchev–Trinajstić information content (AvgIpc) is 2.45. The summed E-state index contributed by atoms with van der Waals surface area (Å²) in [6.07, 6.45) is 2.91. The maximum Gasteiger partial charge on any atom is 0.224 e. The van der Waals surface area contributed by atoms with Gasteiger partial charge in [0.15, 0.2) is 0 Å². The van der Waals surface area contributed by atoms with E-state index in [0.29, 0.717) is 5.95 Å². The van der Waals surface area contributed by atoms with Gasteiger partial charge in [0.2, 0.25) is 5.95 Å². The molecule has 0 radical (unpaired) electrons. The van der Waals surface area contributed by atoms with Crippen molar-refractivity contribution in [1.29, 1.82) is 0 Å². The van der Waals surface area contributed by atoms with Gasteiger partial charge in [-0.2, -0.15) is 4.98 Å². The Hall–Kier alpha value is -1.40. The number of anilines is 2. The quantitative estimate of drug-likeness (QED) is 0.679. The molecule has 6 nitrogen and oxygen atoms in total. The predicted octanol–water partition coefficient (Wildman–Crippen LogP) is 1.60. The number of hydrogen-bond acceptors (Lipinski definition) is 6. The van der Waals surface area contributed by atoms with Crippen molar-refractivity contribution < 1.29 is 4.74 Å². The molecule has 0 saturated heterocycles. The number of ether oxygens (including phenoxy) is 1. The number of rotatable bonds is 10. The van der Waals surface area contributed by atoms with Crippen molar-refractivity contribution in [2.75, 3.05) is 57.6 Å². The van der Waals surface area contributed by atoms with E-state index < -0.39 is 0 Å². The van der Waals surface area contributed by atoms with E-state index in [2.05, 4.69) is 39.5 Å². The normalized spacial score (nSPS) is 10.8. The molecule has 20 heavy (non-hydrogen) atoms. The Kier molecular flexibility index (Phi) is 7.91. The molecule has 0 aromatic carbocycles. The highest BCUT2D eigenvalue weighted by Gasteiger charge is 2.04. The van der Waals surface area contributed by atoms with Crippen LogP contribution in [0.15, 0.2) is 6.20 Å². The van der Waals surface area contributed by atoms with E-state index in [1.54, 1.807) is 7.11 Å². The van der Waals surface area contributed by atoms with Crippen molar-refractivity contribution in [1.82, 2.24) is 14.9 Å². The Balaban J connectivity index is 2.42. The van der Waals surface area contributed by atoms with Gasteiger partial charge in [-0.25, -0.2) is 4.98 Å². The van der Waals surface area contributed by atoms with Gasteiger partial charge in [0, 0.05) is 45.0 Å². The zero-order valence-corrected chi connectivity index (χ0v) is 13.1. The van der Waals surface area contributed by atoms with E-state index in [0.717, 1.165) is 50.6 Å². The molecule has 0 unspecified atom stereocenters. The lowest BCUT2D eigenvalue weighted by Crippen LogP contribution is -2.28. The fraction of sp³-hybridized carbons (Fsp3) is 0.714. The maximum absolute atomic E-state index is 5.06. The molecule has 0 spiro atoms. The molecule has 6 heteroatoms. The second kappa shape index (κ2) is 9.50. The highest BCUT2D eigenvalue weighted by atomic mass is 16.5. The molecular weight excluding hydrogens is 254 g/mol. The Labute approximate surface area is 121 Å². The third-order valence-electron chi connectivity index (χ3n) is 2.97. The molecule has 1 rings (SSSR count). The van der Waals surface area contributed by atoms with Gasteiger partial charge >= 0.3 is 0 Å². The fourth-order valence-corrected chi connectivity index (χ4v) is 1.67. The monoisotopic (exact) mass is 281 g/mol. The van der Waals surface area contributed by atoms with Gasteiger partial charge in [0.1, 0.15) is 5.82 Å². The van der Waals surface area contributed by atoms with Crippen molar-refractivity contribution in [3.05, 3.63) is 11.8 Å². The van der Waals surface area contributed by atoms with E-state index in [9.17, 15) is 0 Å². The minimum atomic E-state index is 0.688. The summed E-state index contributed by atoms with van der Waals surface area (Å²) in [7, 11) is 3.81. The molecule has 0 saturated carbocycles. The first kappa shape index (κ1) is 16.7. The van der Waals surface area contributed by atoms with E-state index in [1.165, 1.54) is 0 Å². The van der Waals surface area contributed by atoms with Crippen LogP contribution in [0.5, 0.6) is 0 Å². The first-order valence-corrected chi connectivity index (χ1v) is 7.16. The standard InChI is InChI=1S/C14H27N5O/c1-5-6-16-14-17-11-12(2)13(18-14)15-7-8-19(3)9-10-20-4/h11H,5-10H2,1-4H3,(H2,15,16,17,18). The second-order valence-corrected chi connectivity index (χ2v) is 4.87. The van der Waals surface area contributed by atoms with Gasteiger partial charge in [-0.3, -0.25) is 0 Å². The Morgan fingerprint density at radius 2 is 2.05 bits per heavy atom. The van der Waals surface area contributed by atoms with Crippen LogP contribution in [-0.4, -0.2) is 61.8 Å². The Bertz CT molecular complexity index is 386. The van der Waals surface area contributed by atoms with Crippen LogP contribution in [0.2, 0.25) is 0 Å². The van der Waals surface area contributed by atoms with Crippen LogP contribution in [0.3, 0.4) is 0 Å². The molecule has 2 N–H and O–H groups in total. The number of likely N-dealkylation sites (N-methyl/N-ethyl adjacent to an activating group) is 1. The molecule has 0 atom stereocenters. The molecule has 1 heterocycles.